The first-order chi connectivity index (χ1) is 11.8. The summed E-state index contributed by atoms with van der Waals surface area (Å²) < 4.78 is 10.5. The molecule has 7 nitrogen and oxygen atoms in total. The van der Waals surface area contributed by atoms with Gasteiger partial charge in [0.25, 0.3) is 5.56 Å². The summed E-state index contributed by atoms with van der Waals surface area (Å²) >= 11 is 0. The molecule has 25 heavy (non-hydrogen) atoms. The van der Waals surface area contributed by atoms with Crippen LogP contribution < -0.4 is 20.3 Å². The number of carbonyl (C=O) groups excluding carboxylic acids is 1. The molecule has 0 radical (unpaired) electrons. The highest BCUT2D eigenvalue weighted by atomic mass is 16.5. The Balaban J connectivity index is 2.10. The van der Waals surface area contributed by atoms with E-state index in [1.807, 2.05) is 6.92 Å². The smallest absolute Gasteiger partial charge is 0.254 e. The topological polar surface area (TPSA) is 93.3 Å². The molecule has 0 unspecified atom stereocenters. The Bertz CT molecular complexity index is 843. The first kappa shape index (κ1) is 18.5. The molecule has 0 saturated heterocycles. The van der Waals surface area contributed by atoms with Crippen molar-refractivity contribution in [3.8, 4) is 11.5 Å². The van der Waals surface area contributed by atoms with Crippen LogP contribution in [0.15, 0.2) is 16.9 Å². The number of hydrogen-bond donors (Lipinski definition) is 2. The first-order valence-corrected chi connectivity index (χ1v) is 7.94. The van der Waals surface area contributed by atoms with Crippen molar-refractivity contribution < 1.29 is 14.3 Å². The van der Waals surface area contributed by atoms with Crippen LogP contribution in [0.5, 0.6) is 11.5 Å². The molecule has 0 atom stereocenters. The number of rotatable bonds is 6. The van der Waals surface area contributed by atoms with Crippen molar-refractivity contribution in [3.05, 3.63) is 45.1 Å². The van der Waals surface area contributed by atoms with Gasteiger partial charge in [0.05, 0.1) is 14.2 Å². The molecule has 0 aliphatic heterocycles. The second kappa shape index (κ2) is 7.83. The van der Waals surface area contributed by atoms with Crippen LogP contribution in [0.4, 0.5) is 5.69 Å². The Hall–Kier alpha value is -2.83. The highest BCUT2D eigenvalue weighted by molar-refractivity contribution is 5.92. The molecule has 1 aromatic heterocycles. The van der Waals surface area contributed by atoms with Gasteiger partial charge < -0.3 is 19.8 Å². The number of aromatic amines is 1. The lowest BCUT2D eigenvalue weighted by atomic mass is 10.1. The number of H-pyrrole nitrogens is 1. The number of nitrogens with one attached hydrogen (secondary N) is 2. The van der Waals surface area contributed by atoms with Gasteiger partial charge in [-0.3, -0.25) is 9.59 Å². The second-order valence-electron chi connectivity index (χ2n) is 5.79. The lowest BCUT2D eigenvalue weighted by molar-refractivity contribution is -0.116. The van der Waals surface area contributed by atoms with Crippen molar-refractivity contribution in [3.63, 3.8) is 0 Å². The maximum Gasteiger partial charge on any atom is 0.254 e. The number of aromatic nitrogens is 2. The van der Waals surface area contributed by atoms with E-state index < -0.39 is 0 Å². The van der Waals surface area contributed by atoms with Gasteiger partial charge in [0.15, 0.2) is 11.5 Å². The summed E-state index contributed by atoms with van der Waals surface area (Å²) in [5.41, 5.74) is 2.49. The van der Waals surface area contributed by atoms with E-state index in [2.05, 4.69) is 15.3 Å². The number of carbonyl (C=O) groups is 1. The Labute approximate surface area is 146 Å². The van der Waals surface area contributed by atoms with Crippen LogP contribution in [0.25, 0.3) is 0 Å². The van der Waals surface area contributed by atoms with Gasteiger partial charge in [-0.25, -0.2) is 4.98 Å². The molecule has 0 saturated carbocycles. The number of amides is 1. The van der Waals surface area contributed by atoms with Crippen LogP contribution in [0.3, 0.4) is 0 Å². The van der Waals surface area contributed by atoms with Gasteiger partial charge in [-0.15, -0.1) is 0 Å². The summed E-state index contributed by atoms with van der Waals surface area (Å²) in [5, 5.41) is 2.85. The van der Waals surface area contributed by atoms with Gasteiger partial charge in [-0.2, -0.15) is 0 Å². The third-order valence-electron chi connectivity index (χ3n) is 3.95. The highest BCUT2D eigenvalue weighted by Crippen LogP contribution is 2.32. The third kappa shape index (κ3) is 4.37. The molecule has 0 bridgehead atoms. The zero-order valence-corrected chi connectivity index (χ0v) is 15.1. The maximum absolute atomic E-state index is 12.3. The van der Waals surface area contributed by atoms with Gasteiger partial charge in [-0.1, -0.05) is 0 Å². The predicted octanol–water partition coefficient (Wildman–Crippen LogP) is 2.28. The molecule has 0 spiro atoms. The van der Waals surface area contributed by atoms with E-state index in [1.165, 1.54) is 7.11 Å². The lowest BCUT2D eigenvalue weighted by Gasteiger charge is -2.13. The largest absolute Gasteiger partial charge is 0.493 e. The number of methoxy groups -OCH3 is 2. The van der Waals surface area contributed by atoms with Crippen LogP contribution in [0.1, 0.15) is 29.1 Å². The summed E-state index contributed by atoms with van der Waals surface area (Å²) in [6.45, 7) is 5.37. The highest BCUT2D eigenvalue weighted by Gasteiger charge is 2.13. The van der Waals surface area contributed by atoms with Crippen molar-refractivity contribution in [2.24, 2.45) is 0 Å². The van der Waals surface area contributed by atoms with Crippen molar-refractivity contribution in [2.45, 2.75) is 33.6 Å². The van der Waals surface area contributed by atoms with Crippen LogP contribution in [-0.2, 0) is 11.2 Å². The molecule has 2 rings (SSSR count). The molecular weight excluding hydrogens is 322 g/mol. The quantitative estimate of drug-likeness (QED) is 0.838. The van der Waals surface area contributed by atoms with E-state index in [0.717, 1.165) is 5.56 Å². The van der Waals surface area contributed by atoms with Crippen LogP contribution in [-0.4, -0.2) is 30.1 Å². The number of anilines is 1. The number of nitrogens with zero attached hydrogens (tertiary/aromatic N) is 1. The fourth-order valence-electron chi connectivity index (χ4n) is 2.61. The zero-order valence-electron chi connectivity index (χ0n) is 15.1. The molecule has 0 aliphatic carbocycles. The van der Waals surface area contributed by atoms with Crippen LogP contribution >= 0.6 is 0 Å². The minimum absolute atomic E-state index is 0.183. The number of hydrogen-bond acceptors (Lipinski definition) is 5. The Morgan fingerprint density at radius 1 is 1.16 bits per heavy atom. The molecule has 7 heteroatoms. The van der Waals surface area contributed by atoms with Gasteiger partial charge in [0.2, 0.25) is 5.91 Å². The summed E-state index contributed by atoms with van der Waals surface area (Å²) in [4.78, 5) is 31.1. The van der Waals surface area contributed by atoms with Crippen molar-refractivity contribution >= 4 is 11.6 Å². The van der Waals surface area contributed by atoms with E-state index in [0.29, 0.717) is 40.7 Å². The molecule has 2 aromatic rings. The third-order valence-corrected chi connectivity index (χ3v) is 3.95. The van der Waals surface area contributed by atoms with Gasteiger partial charge >= 0.3 is 0 Å². The SMILES string of the molecule is COc1cc(C)c(NC(=O)CCc2c(C)nc(C)[nH]c2=O)cc1OC. The minimum Gasteiger partial charge on any atom is -0.493 e. The fourth-order valence-corrected chi connectivity index (χ4v) is 2.61. The molecule has 134 valence electrons. The number of aryl methyl sites for hydroxylation is 3. The molecule has 0 aliphatic rings. The predicted molar refractivity (Wildman–Crippen MR) is 95.6 cm³/mol. The summed E-state index contributed by atoms with van der Waals surface area (Å²) in [6, 6.07) is 3.52. The minimum atomic E-state index is -0.194. The Morgan fingerprint density at radius 3 is 2.40 bits per heavy atom. The zero-order chi connectivity index (χ0) is 18.6. The Kier molecular flexibility index (Phi) is 5.80. The van der Waals surface area contributed by atoms with Crippen LogP contribution in [0.2, 0.25) is 0 Å². The molecule has 1 heterocycles. The fraction of sp³-hybridized carbons (Fsp3) is 0.389. The average Bonchev–Trinajstić information content (AvgIpc) is 2.55. The average molecular weight is 345 g/mol. The monoisotopic (exact) mass is 345 g/mol. The normalized spacial score (nSPS) is 10.4. The van der Waals surface area contributed by atoms with Crippen molar-refractivity contribution in [1.82, 2.24) is 9.97 Å². The second-order valence-corrected chi connectivity index (χ2v) is 5.79. The van der Waals surface area contributed by atoms with E-state index in [4.69, 9.17) is 9.47 Å². The molecular formula is C18H23N3O4. The van der Waals surface area contributed by atoms with Gasteiger partial charge in [-0.05, 0) is 38.8 Å². The van der Waals surface area contributed by atoms with E-state index in [9.17, 15) is 9.59 Å². The van der Waals surface area contributed by atoms with E-state index in [1.54, 1.807) is 33.1 Å². The number of ether oxygens (including phenoxy) is 2. The first-order valence-electron chi connectivity index (χ1n) is 7.94. The van der Waals surface area contributed by atoms with Crippen LogP contribution in [0, 0.1) is 20.8 Å². The van der Waals surface area contributed by atoms with Gasteiger partial charge in [0.1, 0.15) is 5.82 Å². The summed E-state index contributed by atoms with van der Waals surface area (Å²) in [6.07, 6.45) is 0.509. The Morgan fingerprint density at radius 2 is 1.80 bits per heavy atom. The van der Waals surface area contributed by atoms with E-state index >= 15 is 0 Å². The standard InChI is InChI=1S/C18H23N3O4/c1-10-8-15(24-4)16(25-5)9-14(10)21-17(22)7-6-13-11(2)19-12(3)20-18(13)23/h8-9H,6-7H2,1-5H3,(H,21,22)(H,19,20,23). The molecule has 1 amide bonds. The van der Waals surface area contributed by atoms with Gasteiger partial charge in [0, 0.05) is 29.4 Å². The van der Waals surface area contributed by atoms with Crippen molar-refractivity contribution in [1.29, 1.82) is 0 Å². The number of benzene rings is 1. The molecule has 2 N–H and O–H groups in total. The summed E-state index contributed by atoms with van der Waals surface area (Å²) in [7, 11) is 3.10. The molecule has 0 fully saturated rings. The van der Waals surface area contributed by atoms with E-state index in [-0.39, 0.29) is 17.9 Å². The lowest BCUT2D eigenvalue weighted by Crippen LogP contribution is -2.20. The maximum atomic E-state index is 12.3. The summed E-state index contributed by atoms with van der Waals surface area (Å²) in [5.74, 6) is 1.52. The van der Waals surface area contributed by atoms with Crippen molar-refractivity contribution in [2.75, 3.05) is 19.5 Å². The molecule has 1 aromatic carbocycles.